The van der Waals surface area contributed by atoms with Crippen LogP contribution in [0.1, 0.15) is 12.6 Å². The van der Waals surface area contributed by atoms with Gasteiger partial charge in [-0.15, -0.1) is 6.58 Å². The highest BCUT2D eigenvalue weighted by Gasteiger charge is 2.57. The number of imidazole rings is 1. The van der Waals surface area contributed by atoms with E-state index in [1.807, 2.05) is 0 Å². The van der Waals surface area contributed by atoms with Gasteiger partial charge < -0.3 is 40.9 Å². The van der Waals surface area contributed by atoms with Crippen LogP contribution in [0.15, 0.2) is 19.0 Å². The molecule has 22 heteroatoms. The van der Waals surface area contributed by atoms with Gasteiger partial charge in [0.05, 0.1) is 12.9 Å². The van der Waals surface area contributed by atoms with Crippen LogP contribution in [-0.4, -0.2) is 68.7 Å². The highest BCUT2D eigenvalue weighted by atomic mass is 31.3. The zero-order valence-corrected chi connectivity index (χ0v) is 19.9. The molecule has 1 fully saturated rings. The van der Waals surface area contributed by atoms with E-state index >= 15 is 4.39 Å². The molecule has 1 aliphatic heterocycles. The Morgan fingerprint density at radius 1 is 1.20 bits per heavy atom. The number of nitrogen functional groups attached to an aromatic ring is 2. The third-order valence-corrected chi connectivity index (χ3v) is 8.37. The minimum atomic E-state index is -5.80. The fraction of sp³-hybridized carbons (Fsp3) is 0.462. The van der Waals surface area contributed by atoms with Gasteiger partial charge in [-0.2, -0.15) is 18.6 Å². The van der Waals surface area contributed by atoms with Gasteiger partial charge in [0.2, 0.25) is 5.95 Å². The SMILES string of the molecule is C=CC[C@]1(COP(=O)(O)OP(=O)(O)OP(=O)(O)O)O[C@@H](n2cnc3c(N)nc(N)nc32)[C@H](F)[C@@H]1O. The molecule has 18 nitrogen and oxygen atoms in total. The average molecular weight is 564 g/mol. The molecule has 0 bridgehead atoms. The second kappa shape index (κ2) is 9.55. The largest absolute Gasteiger partial charge is 0.490 e. The fourth-order valence-corrected chi connectivity index (χ4v) is 6.34. The molecule has 6 atom stereocenters. The number of anilines is 2. The summed E-state index contributed by atoms with van der Waals surface area (Å²) in [4.78, 5) is 47.7. The normalized spacial score (nSPS) is 28.6. The molecule has 0 radical (unpaired) electrons. The van der Waals surface area contributed by atoms with Crippen LogP contribution in [0.25, 0.3) is 11.2 Å². The molecule has 0 amide bonds. The van der Waals surface area contributed by atoms with Gasteiger partial charge in [-0.3, -0.25) is 9.09 Å². The van der Waals surface area contributed by atoms with Crippen molar-refractivity contribution in [2.24, 2.45) is 0 Å². The third kappa shape index (κ3) is 6.11. The lowest BCUT2D eigenvalue weighted by molar-refractivity contribution is -0.122. The van der Waals surface area contributed by atoms with Gasteiger partial charge in [0.1, 0.15) is 17.2 Å². The number of alkyl halides is 1. The molecule has 0 saturated carbocycles. The average Bonchev–Trinajstić information content (AvgIpc) is 3.19. The van der Waals surface area contributed by atoms with Gasteiger partial charge >= 0.3 is 23.5 Å². The molecule has 0 aliphatic carbocycles. The van der Waals surface area contributed by atoms with E-state index in [1.165, 1.54) is 0 Å². The molecule has 2 unspecified atom stereocenters. The summed E-state index contributed by atoms with van der Waals surface area (Å²) in [5, 5.41) is 10.6. The Hall–Kier alpha value is -1.85. The molecule has 3 rings (SSSR count). The summed E-state index contributed by atoms with van der Waals surface area (Å²) in [6.07, 6.45) is -4.05. The number of aliphatic hydroxyl groups is 1. The number of halogens is 1. The maximum atomic E-state index is 15.2. The molecule has 196 valence electrons. The van der Waals surface area contributed by atoms with Crippen LogP contribution < -0.4 is 11.5 Å². The van der Waals surface area contributed by atoms with E-state index in [0.29, 0.717) is 0 Å². The molecule has 2 aromatic rings. The van der Waals surface area contributed by atoms with Crippen LogP contribution >= 0.6 is 23.5 Å². The molecule has 1 saturated heterocycles. The Morgan fingerprint density at radius 3 is 2.46 bits per heavy atom. The topological polar surface area (TPSA) is 285 Å². The summed E-state index contributed by atoms with van der Waals surface area (Å²) >= 11 is 0. The Bertz CT molecular complexity index is 1270. The summed E-state index contributed by atoms with van der Waals surface area (Å²) in [5.74, 6) is -0.388. The van der Waals surface area contributed by atoms with Crippen molar-refractivity contribution < 1.29 is 60.6 Å². The standard InChI is InChI=1S/C13H20FN6O12P3/c1-2-3-13(4-29-34(25,26)32-35(27,28)31-33(22,23)24)8(21)6(14)11(30-13)20-5-17-7-9(15)18-12(16)19-10(7)20/h2,5-6,8,11,21H,1,3-4H2,(H,25,26)(H,27,28)(H2,22,23,24)(H4,15,16,18,19)/t6-,8+,11-,13-/m1/s1. The highest BCUT2D eigenvalue weighted by molar-refractivity contribution is 7.66. The first-order valence-corrected chi connectivity index (χ1v) is 13.7. The van der Waals surface area contributed by atoms with Crippen LogP contribution in [0.4, 0.5) is 16.2 Å². The number of aliphatic hydroxyl groups excluding tert-OH is 1. The maximum Gasteiger partial charge on any atom is 0.490 e. The van der Waals surface area contributed by atoms with Gasteiger partial charge in [0.25, 0.3) is 0 Å². The predicted molar refractivity (Wildman–Crippen MR) is 113 cm³/mol. The van der Waals surface area contributed by atoms with Crippen LogP contribution in [0.3, 0.4) is 0 Å². The van der Waals surface area contributed by atoms with Crippen molar-refractivity contribution in [2.75, 3.05) is 18.1 Å². The maximum absolute atomic E-state index is 15.2. The summed E-state index contributed by atoms with van der Waals surface area (Å²) in [6.45, 7) is 2.31. The van der Waals surface area contributed by atoms with Crippen molar-refractivity contribution in [3.8, 4) is 0 Å². The van der Waals surface area contributed by atoms with E-state index in [2.05, 4.69) is 34.7 Å². The quantitative estimate of drug-likeness (QED) is 0.146. The van der Waals surface area contributed by atoms with E-state index in [-0.39, 0.29) is 29.4 Å². The van der Waals surface area contributed by atoms with E-state index in [0.717, 1.165) is 17.0 Å². The number of rotatable bonds is 10. The number of fused-ring (bicyclic) bond motifs is 1. The second-order valence-electron chi connectivity index (χ2n) is 7.11. The fourth-order valence-electron chi connectivity index (χ4n) is 3.26. The zero-order valence-electron chi connectivity index (χ0n) is 17.3. The first-order valence-electron chi connectivity index (χ1n) is 9.14. The molecule has 2 aromatic heterocycles. The third-order valence-electron chi connectivity index (χ3n) is 4.59. The molecular formula is C13H20FN6O12P3. The van der Waals surface area contributed by atoms with Crippen LogP contribution in [0.5, 0.6) is 0 Å². The van der Waals surface area contributed by atoms with Gasteiger partial charge in [-0.1, -0.05) is 6.08 Å². The Balaban J connectivity index is 1.87. The number of aromatic nitrogens is 4. The lowest BCUT2D eigenvalue weighted by Crippen LogP contribution is -2.45. The Kier molecular flexibility index (Phi) is 7.57. The minimum Gasteiger partial charge on any atom is -0.387 e. The van der Waals surface area contributed by atoms with Crippen molar-refractivity contribution in [1.82, 2.24) is 19.5 Å². The number of phosphoric ester groups is 1. The number of hydrogen-bond acceptors (Lipinski definition) is 13. The molecule has 9 N–H and O–H groups in total. The molecular weight excluding hydrogens is 544 g/mol. The van der Waals surface area contributed by atoms with E-state index in [4.69, 9.17) is 26.0 Å². The Labute approximate surface area is 194 Å². The summed E-state index contributed by atoms with van der Waals surface area (Å²) in [6, 6.07) is 0. The Morgan fingerprint density at radius 2 is 1.86 bits per heavy atom. The smallest absolute Gasteiger partial charge is 0.387 e. The van der Waals surface area contributed by atoms with Crippen LogP contribution in [0, 0.1) is 0 Å². The monoisotopic (exact) mass is 564 g/mol. The summed E-state index contributed by atoms with van der Waals surface area (Å²) in [5.41, 5.74) is 9.15. The second-order valence-corrected chi connectivity index (χ2v) is 11.5. The lowest BCUT2D eigenvalue weighted by atomic mass is 9.93. The van der Waals surface area contributed by atoms with Gasteiger partial charge in [0.15, 0.2) is 23.9 Å². The first-order chi connectivity index (χ1) is 16.0. The molecule has 0 spiro atoms. The summed E-state index contributed by atoms with van der Waals surface area (Å²) in [7, 11) is -17.0. The number of nitrogens with zero attached hydrogens (tertiary/aromatic N) is 4. The van der Waals surface area contributed by atoms with Gasteiger partial charge in [0, 0.05) is 0 Å². The summed E-state index contributed by atoms with van der Waals surface area (Å²) < 4.78 is 68.0. The van der Waals surface area contributed by atoms with Crippen molar-refractivity contribution in [3.05, 3.63) is 19.0 Å². The van der Waals surface area contributed by atoms with Crippen molar-refractivity contribution in [3.63, 3.8) is 0 Å². The van der Waals surface area contributed by atoms with E-state index < -0.39 is 54.2 Å². The predicted octanol–water partition coefficient (Wildman–Crippen LogP) is -0.123. The number of ether oxygens (including phenoxy) is 1. The van der Waals surface area contributed by atoms with E-state index in [9.17, 15) is 28.6 Å². The lowest BCUT2D eigenvalue weighted by Gasteiger charge is -2.31. The number of phosphoric acid groups is 3. The molecule has 35 heavy (non-hydrogen) atoms. The van der Waals surface area contributed by atoms with Gasteiger partial charge in [-0.05, 0) is 6.42 Å². The van der Waals surface area contributed by atoms with Crippen LogP contribution in [0.2, 0.25) is 0 Å². The molecule has 3 heterocycles. The van der Waals surface area contributed by atoms with Crippen molar-refractivity contribution in [2.45, 2.75) is 30.5 Å². The van der Waals surface area contributed by atoms with E-state index in [1.54, 1.807) is 0 Å². The molecule has 1 aliphatic rings. The highest BCUT2D eigenvalue weighted by Crippen LogP contribution is 2.66. The van der Waals surface area contributed by atoms with Crippen LogP contribution in [-0.2, 0) is 31.6 Å². The number of nitrogens with two attached hydrogens (primary N) is 2. The van der Waals surface area contributed by atoms with Crippen molar-refractivity contribution in [1.29, 1.82) is 0 Å². The first kappa shape index (κ1) is 27.7. The zero-order chi connectivity index (χ0) is 26.4. The minimum absolute atomic E-state index is 0.0407. The van der Waals surface area contributed by atoms with Gasteiger partial charge in [-0.25, -0.2) is 23.1 Å². The molecule has 0 aromatic carbocycles. The van der Waals surface area contributed by atoms with Crippen molar-refractivity contribution >= 4 is 46.4 Å². The number of hydrogen-bond donors (Lipinski definition) is 7.